The first-order valence-corrected chi connectivity index (χ1v) is 9.12. The van der Waals surface area contributed by atoms with E-state index in [-0.39, 0.29) is 24.1 Å². The van der Waals surface area contributed by atoms with Gasteiger partial charge in [-0.05, 0) is 43.0 Å². The molecule has 0 aromatic heterocycles. The Bertz CT molecular complexity index is 741. The summed E-state index contributed by atoms with van der Waals surface area (Å²) in [6.45, 7) is 2.83. The summed E-state index contributed by atoms with van der Waals surface area (Å²) in [6, 6.07) is 14.4. The third-order valence-electron chi connectivity index (χ3n) is 4.50. The molecule has 2 aromatic carbocycles. The molecule has 0 heterocycles. The number of amides is 1. The van der Waals surface area contributed by atoms with Crippen LogP contribution < -0.4 is 0 Å². The maximum atomic E-state index is 13.0. The van der Waals surface area contributed by atoms with Crippen LogP contribution in [0.3, 0.4) is 0 Å². The molecular weight excluding hydrogens is 345 g/mol. The molecule has 0 radical (unpaired) electrons. The molecule has 1 amide bonds. The van der Waals surface area contributed by atoms with Crippen LogP contribution in [0.15, 0.2) is 48.5 Å². The number of esters is 1. The van der Waals surface area contributed by atoms with Crippen LogP contribution in [0.4, 0.5) is 4.39 Å². The Labute approximate surface area is 159 Å². The molecule has 0 aliphatic heterocycles. The molecule has 0 atom stereocenters. The zero-order valence-corrected chi connectivity index (χ0v) is 15.9. The topological polar surface area (TPSA) is 46.6 Å². The number of hydrogen-bond acceptors (Lipinski definition) is 3. The third kappa shape index (κ3) is 7.21. The second-order valence-electron chi connectivity index (χ2n) is 6.57. The summed E-state index contributed by atoms with van der Waals surface area (Å²) in [5, 5.41) is 0. The van der Waals surface area contributed by atoms with E-state index in [1.165, 1.54) is 24.8 Å². The highest BCUT2D eigenvalue weighted by atomic mass is 19.1. The van der Waals surface area contributed by atoms with E-state index in [1.807, 2.05) is 31.2 Å². The number of carbonyl (C=O) groups is 2. The zero-order chi connectivity index (χ0) is 19.6. The Morgan fingerprint density at radius 1 is 0.889 bits per heavy atom. The number of rotatable bonds is 9. The lowest BCUT2D eigenvalue weighted by molar-refractivity contribution is -0.141. The molecule has 5 heteroatoms. The predicted molar refractivity (Wildman–Crippen MR) is 103 cm³/mol. The van der Waals surface area contributed by atoms with Gasteiger partial charge in [0.25, 0.3) is 0 Å². The number of methoxy groups -OCH3 is 1. The molecule has 27 heavy (non-hydrogen) atoms. The zero-order valence-electron chi connectivity index (χ0n) is 15.9. The van der Waals surface area contributed by atoms with Crippen LogP contribution >= 0.6 is 0 Å². The number of halogens is 1. The summed E-state index contributed by atoms with van der Waals surface area (Å²) in [5.41, 5.74) is 3.25. The van der Waals surface area contributed by atoms with Gasteiger partial charge in [0, 0.05) is 19.5 Å². The monoisotopic (exact) mass is 371 g/mol. The number of ether oxygens (including phenoxy) is 1. The van der Waals surface area contributed by atoms with Gasteiger partial charge >= 0.3 is 5.97 Å². The Kier molecular flexibility index (Phi) is 7.99. The fourth-order valence-corrected chi connectivity index (χ4v) is 2.77. The minimum absolute atomic E-state index is 0.00147. The fraction of sp³-hybridized carbons (Fsp3) is 0.364. The molecule has 0 unspecified atom stereocenters. The van der Waals surface area contributed by atoms with Gasteiger partial charge in [0.05, 0.1) is 13.5 Å². The molecule has 0 aliphatic rings. The van der Waals surface area contributed by atoms with Gasteiger partial charge in [-0.2, -0.15) is 0 Å². The molecule has 144 valence electrons. The molecule has 0 fully saturated rings. The maximum absolute atomic E-state index is 13.0. The summed E-state index contributed by atoms with van der Waals surface area (Å²) in [5.74, 6) is -0.620. The van der Waals surface area contributed by atoms with Crippen molar-refractivity contribution < 1.29 is 18.7 Å². The van der Waals surface area contributed by atoms with E-state index in [1.54, 1.807) is 17.0 Å². The minimum Gasteiger partial charge on any atom is -0.469 e. The van der Waals surface area contributed by atoms with Gasteiger partial charge in [-0.3, -0.25) is 9.59 Å². The van der Waals surface area contributed by atoms with E-state index in [0.29, 0.717) is 32.4 Å². The predicted octanol–water partition coefficient (Wildman–Crippen LogP) is 3.70. The van der Waals surface area contributed by atoms with Crippen molar-refractivity contribution in [2.75, 3.05) is 20.2 Å². The number of hydrogen-bond donors (Lipinski definition) is 0. The Morgan fingerprint density at radius 3 is 2.11 bits per heavy atom. The molecule has 0 aliphatic carbocycles. The van der Waals surface area contributed by atoms with Crippen molar-refractivity contribution in [1.29, 1.82) is 0 Å². The summed E-state index contributed by atoms with van der Waals surface area (Å²) < 4.78 is 17.7. The molecule has 0 saturated heterocycles. The Balaban J connectivity index is 1.94. The van der Waals surface area contributed by atoms with Crippen molar-refractivity contribution in [2.24, 2.45) is 0 Å². The minimum atomic E-state index is -0.340. The molecular formula is C22H26FNO3. The van der Waals surface area contributed by atoms with Gasteiger partial charge in [0.15, 0.2) is 0 Å². The SMILES string of the molecule is COC(=O)CCN(CCc1ccc(F)cc1)C(=O)CCc1ccc(C)cc1. The van der Waals surface area contributed by atoms with Gasteiger partial charge < -0.3 is 9.64 Å². The van der Waals surface area contributed by atoms with Crippen LogP contribution in [0.5, 0.6) is 0 Å². The first-order chi connectivity index (χ1) is 13.0. The van der Waals surface area contributed by atoms with E-state index in [2.05, 4.69) is 4.74 Å². The first kappa shape index (κ1) is 20.6. The molecule has 0 saturated carbocycles. The summed E-state index contributed by atoms with van der Waals surface area (Å²) >= 11 is 0. The summed E-state index contributed by atoms with van der Waals surface area (Å²) in [6.07, 6.45) is 1.81. The average Bonchev–Trinajstić information content (AvgIpc) is 2.68. The second-order valence-corrected chi connectivity index (χ2v) is 6.57. The molecule has 0 spiro atoms. The first-order valence-electron chi connectivity index (χ1n) is 9.12. The Morgan fingerprint density at radius 2 is 1.48 bits per heavy atom. The van der Waals surface area contributed by atoms with Crippen molar-refractivity contribution in [1.82, 2.24) is 4.90 Å². The van der Waals surface area contributed by atoms with Gasteiger partial charge in [0.1, 0.15) is 5.82 Å². The van der Waals surface area contributed by atoms with Crippen LogP contribution in [-0.4, -0.2) is 37.0 Å². The largest absolute Gasteiger partial charge is 0.469 e. The molecule has 2 aromatic rings. The number of nitrogens with zero attached hydrogens (tertiary/aromatic N) is 1. The lowest BCUT2D eigenvalue weighted by Crippen LogP contribution is -2.35. The lowest BCUT2D eigenvalue weighted by atomic mass is 10.1. The number of aryl methyl sites for hydroxylation is 2. The highest BCUT2D eigenvalue weighted by Gasteiger charge is 2.15. The van der Waals surface area contributed by atoms with Crippen LogP contribution in [0.25, 0.3) is 0 Å². The molecule has 0 bridgehead atoms. The van der Waals surface area contributed by atoms with Crippen LogP contribution in [0, 0.1) is 12.7 Å². The van der Waals surface area contributed by atoms with Gasteiger partial charge in [-0.15, -0.1) is 0 Å². The lowest BCUT2D eigenvalue weighted by Gasteiger charge is -2.22. The smallest absolute Gasteiger partial charge is 0.307 e. The van der Waals surface area contributed by atoms with Gasteiger partial charge in [0.2, 0.25) is 5.91 Å². The van der Waals surface area contributed by atoms with E-state index < -0.39 is 0 Å². The molecule has 4 nitrogen and oxygen atoms in total. The quantitative estimate of drug-likeness (QED) is 0.632. The Hall–Kier alpha value is -2.69. The van der Waals surface area contributed by atoms with Crippen molar-refractivity contribution in [3.05, 3.63) is 71.0 Å². The van der Waals surface area contributed by atoms with Crippen LogP contribution in [0.1, 0.15) is 29.5 Å². The number of carbonyl (C=O) groups excluding carboxylic acids is 2. The second kappa shape index (κ2) is 10.5. The standard InChI is InChI=1S/C22H26FNO3/c1-17-3-5-18(6-4-17)9-12-21(25)24(16-14-22(26)27-2)15-13-19-7-10-20(23)11-8-19/h3-8,10-11H,9,12-16H2,1-2H3. The number of benzene rings is 2. The van der Waals surface area contributed by atoms with Crippen molar-refractivity contribution in [3.8, 4) is 0 Å². The summed E-state index contributed by atoms with van der Waals surface area (Å²) in [4.78, 5) is 25.8. The molecule has 2 rings (SSSR count). The van der Waals surface area contributed by atoms with Gasteiger partial charge in [-0.25, -0.2) is 4.39 Å². The van der Waals surface area contributed by atoms with Crippen LogP contribution in [0.2, 0.25) is 0 Å². The highest BCUT2D eigenvalue weighted by Crippen LogP contribution is 2.10. The van der Waals surface area contributed by atoms with Crippen molar-refractivity contribution in [2.45, 2.75) is 32.6 Å². The maximum Gasteiger partial charge on any atom is 0.307 e. The molecule has 0 N–H and O–H groups in total. The van der Waals surface area contributed by atoms with E-state index in [0.717, 1.165) is 11.1 Å². The van der Waals surface area contributed by atoms with Crippen molar-refractivity contribution >= 4 is 11.9 Å². The highest BCUT2D eigenvalue weighted by molar-refractivity contribution is 5.77. The fourth-order valence-electron chi connectivity index (χ4n) is 2.77. The van der Waals surface area contributed by atoms with Crippen LogP contribution in [-0.2, 0) is 27.2 Å². The normalized spacial score (nSPS) is 10.5. The van der Waals surface area contributed by atoms with E-state index >= 15 is 0 Å². The van der Waals surface area contributed by atoms with Crippen molar-refractivity contribution in [3.63, 3.8) is 0 Å². The average molecular weight is 371 g/mol. The third-order valence-corrected chi connectivity index (χ3v) is 4.50. The van der Waals surface area contributed by atoms with Gasteiger partial charge in [-0.1, -0.05) is 42.0 Å². The van der Waals surface area contributed by atoms with E-state index in [9.17, 15) is 14.0 Å². The van der Waals surface area contributed by atoms with E-state index in [4.69, 9.17) is 0 Å². The summed E-state index contributed by atoms with van der Waals surface area (Å²) in [7, 11) is 1.34.